The smallest absolute Gasteiger partial charge is 0.302 e. The Hall–Kier alpha value is -6.33. The third kappa shape index (κ3) is 11.6. The van der Waals surface area contributed by atoms with Crippen LogP contribution < -0.4 is 15.4 Å². The molecule has 72 heavy (non-hydrogen) atoms. The number of esters is 1. The summed E-state index contributed by atoms with van der Waals surface area (Å²) in [5, 5.41) is 6.24. The lowest BCUT2D eigenvalue weighted by atomic mass is 9.49. The number of fused-ring (bicyclic) bond motifs is 1. The van der Waals surface area contributed by atoms with Crippen LogP contribution in [0.4, 0.5) is 5.69 Å². The van der Waals surface area contributed by atoms with Gasteiger partial charge in [-0.1, -0.05) is 96.3 Å². The summed E-state index contributed by atoms with van der Waals surface area (Å²) in [6, 6.07) is 14.1. The number of rotatable bonds is 16. The Bertz CT molecular complexity index is 2810. The van der Waals surface area contributed by atoms with Gasteiger partial charge in [0.1, 0.15) is 42.3 Å². The van der Waals surface area contributed by atoms with E-state index in [0.29, 0.717) is 65.8 Å². The van der Waals surface area contributed by atoms with Gasteiger partial charge in [-0.05, 0) is 73.4 Å². The molecule has 1 saturated heterocycles. The first-order valence-electron chi connectivity index (χ1n) is 24.3. The monoisotopic (exact) mass is 1020 g/mol. The highest BCUT2D eigenvalue weighted by Crippen LogP contribution is 2.59. The number of likely N-dealkylation sites (tertiary alicyclic amines) is 1. The van der Waals surface area contributed by atoms with E-state index in [1.54, 1.807) is 41.7 Å². The molecule has 2 aliphatic heterocycles. The molecule has 3 aliphatic rings. The average Bonchev–Trinajstić information content (AvgIpc) is 4.03. The van der Waals surface area contributed by atoms with E-state index in [0.717, 1.165) is 21.7 Å². The van der Waals surface area contributed by atoms with Gasteiger partial charge < -0.3 is 34.6 Å². The minimum Gasteiger partial charge on any atom is -0.489 e. The standard InChI is InChI=1S/C55H64ClN7O8S/c1-32(35-17-19-36(20-18-35)46-33(2)58-31-72-46)59-48(66)44-27-39(70-34(3)64)28-62(44)50(68)47(53(4,5)6)61-45(65)30-69-25-15-13-12-14-16-37-21-23-40-43(60-37)29-63(49(40)67)51-54(7,8)52(55(51,9)10)71-38-22-24-42(57-11)41(56)26-38/h17-24,26,31-32,39,44,47,51-52H,12-13,15,25,27-30H2,1-10H3,(H,59,66)(H,61,65)/t32-,39+,44?,47+,51?,52?/m0/s1. The summed E-state index contributed by atoms with van der Waals surface area (Å²) in [6.45, 7) is 26.7. The van der Waals surface area contributed by atoms with Crippen LogP contribution in [0, 0.1) is 41.6 Å². The van der Waals surface area contributed by atoms with Crippen LogP contribution in [0.1, 0.15) is 127 Å². The van der Waals surface area contributed by atoms with Crippen molar-refractivity contribution in [2.75, 3.05) is 19.8 Å². The van der Waals surface area contributed by atoms with E-state index in [-0.39, 0.29) is 49.6 Å². The maximum absolute atomic E-state index is 14.3. The zero-order valence-corrected chi connectivity index (χ0v) is 44.3. The molecule has 2 aromatic carbocycles. The summed E-state index contributed by atoms with van der Waals surface area (Å²) in [6.07, 6.45) is 1.11. The Morgan fingerprint density at radius 3 is 2.39 bits per heavy atom. The summed E-state index contributed by atoms with van der Waals surface area (Å²) in [5.41, 5.74) is 5.33. The van der Waals surface area contributed by atoms with E-state index in [2.05, 4.69) is 60.0 Å². The molecular weight excluding hydrogens is 954 g/mol. The molecule has 1 aliphatic carbocycles. The maximum atomic E-state index is 14.3. The third-order valence-corrected chi connectivity index (χ3v) is 15.1. The molecule has 0 spiro atoms. The van der Waals surface area contributed by atoms with E-state index in [4.69, 9.17) is 37.4 Å². The number of thiazole rings is 1. The second kappa shape index (κ2) is 21.8. The van der Waals surface area contributed by atoms with Crippen LogP contribution in [-0.2, 0) is 35.2 Å². The first-order chi connectivity index (χ1) is 34.0. The number of hydrogen-bond acceptors (Lipinski definition) is 11. The number of amides is 4. The minimum absolute atomic E-state index is 0.00546. The molecule has 0 bridgehead atoms. The minimum atomic E-state index is -1.00. The number of nitrogens with one attached hydrogen (secondary N) is 2. The van der Waals surface area contributed by atoms with Crippen molar-refractivity contribution in [1.29, 1.82) is 0 Å². The highest BCUT2D eigenvalue weighted by molar-refractivity contribution is 7.13. The predicted octanol–water partition coefficient (Wildman–Crippen LogP) is 9.04. The molecule has 1 saturated carbocycles. The summed E-state index contributed by atoms with van der Waals surface area (Å²) in [5.74, 6) is 4.98. The summed E-state index contributed by atoms with van der Waals surface area (Å²) < 4.78 is 17.7. The van der Waals surface area contributed by atoms with Crippen LogP contribution in [0.2, 0.25) is 5.02 Å². The van der Waals surface area contributed by atoms with Gasteiger partial charge in [-0.25, -0.2) is 14.8 Å². The van der Waals surface area contributed by atoms with Gasteiger partial charge >= 0.3 is 5.97 Å². The number of ether oxygens (including phenoxy) is 3. The normalized spacial score (nSPS) is 20.5. The number of pyridine rings is 1. The summed E-state index contributed by atoms with van der Waals surface area (Å²) >= 11 is 7.86. The number of hydrogen-bond donors (Lipinski definition) is 2. The van der Waals surface area contributed by atoms with Crippen molar-refractivity contribution >= 4 is 58.2 Å². The Morgan fingerprint density at radius 1 is 1.03 bits per heavy atom. The van der Waals surface area contributed by atoms with Gasteiger partial charge in [0.25, 0.3) is 5.91 Å². The van der Waals surface area contributed by atoms with Gasteiger partial charge in [-0.15, -0.1) is 11.3 Å². The molecule has 2 N–H and O–H groups in total. The lowest BCUT2D eigenvalue weighted by Crippen LogP contribution is -2.74. The van der Waals surface area contributed by atoms with Crippen LogP contribution in [0.3, 0.4) is 0 Å². The van der Waals surface area contributed by atoms with E-state index in [9.17, 15) is 24.0 Å². The third-order valence-electron chi connectivity index (χ3n) is 13.8. The van der Waals surface area contributed by atoms with Crippen LogP contribution in [0.15, 0.2) is 60.1 Å². The molecule has 4 aromatic rings. The van der Waals surface area contributed by atoms with Crippen LogP contribution >= 0.6 is 22.9 Å². The van der Waals surface area contributed by atoms with Crippen LogP contribution in [0.25, 0.3) is 15.3 Å². The van der Waals surface area contributed by atoms with E-state index >= 15 is 0 Å². The van der Waals surface area contributed by atoms with Gasteiger partial charge in [0, 0.05) is 43.2 Å². The molecule has 2 fully saturated rings. The number of unbranched alkanes of at least 4 members (excludes halogenated alkanes) is 2. The number of carbonyl (C=O) groups is 5. The summed E-state index contributed by atoms with van der Waals surface area (Å²) in [4.78, 5) is 84.2. The van der Waals surface area contributed by atoms with Crippen molar-refractivity contribution in [3.63, 3.8) is 0 Å². The van der Waals surface area contributed by atoms with Gasteiger partial charge in [0.2, 0.25) is 23.4 Å². The van der Waals surface area contributed by atoms with E-state index in [1.165, 1.54) is 11.8 Å². The summed E-state index contributed by atoms with van der Waals surface area (Å²) in [7, 11) is 0. The number of aromatic nitrogens is 2. The Morgan fingerprint density at radius 2 is 1.75 bits per heavy atom. The average molecular weight is 1020 g/mol. The lowest BCUT2D eigenvalue weighted by molar-refractivity contribution is -0.199. The van der Waals surface area contributed by atoms with Crippen molar-refractivity contribution in [3.05, 3.63) is 105 Å². The Kier molecular flexibility index (Phi) is 16.2. The quantitative estimate of drug-likeness (QED) is 0.0477. The molecule has 4 atom stereocenters. The highest BCUT2D eigenvalue weighted by atomic mass is 35.5. The fourth-order valence-corrected chi connectivity index (χ4v) is 11.8. The first-order valence-corrected chi connectivity index (χ1v) is 25.6. The Balaban J connectivity index is 0.871. The van der Waals surface area contributed by atoms with Crippen molar-refractivity contribution < 1.29 is 38.2 Å². The SMILES string of the molecule is [C-]#[N+]c1ccc(OC2C(C)(C)C(N3Cc4nc(C#CCCCCOCC(=O)N[C@H](C(=O)N5C[C@H](OC(C)=O)CC5C(=O)N[C@@H](C)c5ccc(-c6scnc6C)cc5)C(C)(C)C)ccc4C3=O)C2(C)C)cc1Cl. The van der Waals surface area contributed by atoms with Crippen LogP contribution in [0.5, 0.6) is 5.75 Å². The fraction of sp³-hybridized carbons (Fsp3) is 0.491. The van der Waals surface area contributed by atoms with Crippen molar-refractivity contribution in [1.82, 2.24) is 30.4 Å². The van der Waals surface area contributed by atoms with Gasteiger partial charge in [0.05, 0.1) is 58.1 Å². The highest BCUT2D eigenvalue weighted by Gasteiger charge is 2.67. The zero-order valence-electron chi connectivity index (χ0n) is 42.7. The number of nitrogens with zero attached hydrogens (tertiary/aromatic N) is 5. The van der Waals surface area contributed by atoms with Gasteiger partial charge in [0.15, 0.2) is 0 Å². The molecule has 15 nitrogen and oxygen atoms in total. The molecular formula is C55H64ClN7O8S. The molecule has 0 radical (unpaired) electrons. The first kappa shape index (κ1) is 53.5. The van der Waals surface area contributed by atoms with Crippen molar-refractivity contribution in [3.8, 4) is 28.0 Å². The molecule has 380 valence electrons. The molecule has 4 heterocycles. The molecule has 4 amide bonds. The predicted molar refractivity (Wildman–Crippen MR) is 275 cm³/mol. The van der Waals surface area contributed by atoms with Gasteiger partial charge in [-0.3, -0.25) is 24.0 Å². The zero-order chi connectivity index (χ0) is 52.3. The molecule has 2 aromatic heterocycles. The van der Waals surface area contributed by atoms with E-state index < -0.39 is 52.2 Å². The van der Waals surface area contributed by atoms with Crippen LogP contribution in [-0.4, -0.2) is 99.5 Å². The Labute approximate surface area is 431 Å². The van der Waals surface area contributed by atoms with E-state index in [1.807, 2.05) is 69.3 Å². The molecule has 1 unspecified atom stereocenters. The number of halogens is 1. The molecule has 7 rings (SSSR count). The second-order valence-electron chi connectivity index (χ2n) is 21.2. The second-order valence-corrected chi connectivity index (χ2v) is 22.4. The maximum Gasteiger partial charge on any atom is 0.302 e. The van der Waals surface area contributed by atoms with Crippen molar-refractivity contribution in [2.45, 2.75) is 138 Å². The topological polar surface area (TPSA) is 174 Å². The van der Waals surface area contributed by atoms with Gasteiger partial charge in [-0.2, -0.15) is 0 Å². The number of carbonyl (C=O) groups excluding carboxylic acids is 5. The van der Waals surface area contributed by atoms with Crippen molar-refractivity contribution in [2.24, 2.45) is 16.2 Å². The largest absolute Gasteiger partial charge is 0.489 e. The lowest BCUT2D eigenvalue weighted by Gasteiger charge is -2.65. The molecule has 17 heteroatoms. The number of aryl methyl sites for hydroxylation is 1. The fourth-order valence-electron chi connectivity index (χ4n) is 10.7. The number of benzene rings is 2.